The van der Waals surface area contributed by atoms with Gasteiger partial charge in [0.1, 0.15) is 17.2 Å². The predicted molar refractivity (Wildman–Crippen MR) is 107 cm³/mol. The molecule has 0 saturated heterocycles. The first kappa shape index (κ1) is 20.8. The maximum Gasteiger partial charge on any atom is 0.647 e. The smallest absolute Gasteiger partial charge is 0.396 e. The minimum Gasteiger partial charge on any atom is -0.396 e. The Balaban J connectivity index is 0.00000261. The lowest BCUT2D eigenvalue weighted by atomic mass is 10.1. The van der Waals surface area contributed by atoms with Crippen molar-refractivity contribution in [3.63, 3.8) is 0 Å². The van der Waals surface area contributed by atoms with Crippen LogP contribution in [-0.2, 0) is 11.0 Å². The molecule has 0 radical (unpaired) electrons. The monoisotopic (exact) mass is 406 g/mol. The Labute approximate surface area is 164 Å². The molecule has 3 rings (SSSR count). The van der Waals surface area contributed by atoms with Crippen LogP contribution in [0, 0.1) is 0 Å². The van der Waals surface area contributed by atoms with Crippen molar-refractivity contribution in [1.82, 2.24) is 0 Å². The third-order valence-corrected chi connectivity index (χ3v) is 4.77. The zero-order chi connectivity index (χ0) is 18.2. The summed E-state index contributed by atoms with van der Waals surface area (Å²) in [4.78, 5) is 0. The summed E-state index contributed by atoms with van der Waals surface area (Å²) in [6.45, 7) is -0.0518. The number of para-hydroxylation sites is 3. The number of phosphoric acid groups is 1. The van der Waals surface area contributed by atoms with E-state index < -0.39 is 7.82 Å². The third-order valence-electron chi connectivity index (χ3n) is 3.48. The van der Waals surface area contributed by atoms with E-state index >= 15 is 0 Å². The molecule has 0 unspecified atom stereocenters. The van der Waals surface area contributed by atoms with E-state index in [1.54, 1.807) is 66.7 Å². The zero-order valence-corrected chi connectivity index (χ0v) is 16.1. The molecule has 0 aliphatic heterocycles. The number of aliphatic hydroxyl groups excluding tert-OH is 1. The van der Waals surface area contributed by atoms with Crippen LogP contribution in [0.4, 0.5) is 0 Å². The van der Waals surface area contributed by atoms with Gasteiger partial charge in [-0.3, -0.25) is 0 Å². The number of aliphatic hydroxyl groups is 1. The Morgan fingerprint density at radius 1 is 0.704 bits per heavy atom. The van der Waals surface area contributed by atoms with E-state index in [4.69, 9.17) is 13.6 Å². The average molecular weight is 407 g/mol. The Kier molecular flexibility index (Phi) is 7.74. The van der Waals surface area contributed by atoms with Gasteiger partial charge in [-0.1, -0.05) is 54.6 Å². The lowest BCUT2D eigenvalue weighted by molar-refractivity contribution is 0.287. The molecule has 0 heterocycles. The fourth-order valence-electron chi connectivity index (χ4n) is 2.32. The van der Waals surface area contributed by atoms with Crippen molar-refractivity contribution in [3.8, 4) is 17.2 Å². The van der Waals surface area contributed by atoms with Crippen molar-refractivity contribution in [3.05, 3.63) is 90.5 Å². The number of rotatable bonds is 8. The molecule has 7 heteroatoms. The summed E-state index contributed by atoms with van der Waals surface area (Å²) in [6.07, 6.45) is 0.368. The normalized spacial score (nSPS) is 10.6. The van der Waals surface area contributed by atoms with Gasteiger partial charge in [0, 0.05) is 6.61 Å². The maximum atomic E-state index is 13.3. The molecule has 0 bridgehead atoms. The molecule has 5 nitrogen and oxygen atoms in total. The molecule has 0 aliphatic carbocycles. The van der Waals surface area contributed by atoms with E-state index in [0.717, 1.165) is 0 Å². The van der Waals surface area contributed by atoms with Crippen LogP contribution in [0.2, 0.25) is 0 Å². The highest BCUT2D eigenvalue weighted by Gasteiger charge is 2.33. The van der Waals surface area contributed by atoms with Crippen molar-refractivity contribution in [1.29, 1.82) is 0 Å². The fourth-order valence-corrected chi connectivity index (χ4v) is 3.61. The second kappa shape index (κ2) is 10.0. The highest BCUT2D eigenvalue weighted by atomic mass is 35.5. The molecule has 3 aromatic rings. The van der Waals surface area contributed by atoms with Crippen molar-refractivity contribution in [2.45, 2.75) is 6.42 Å². The molecular formula is C20H20ClO5P. The highest BCUT2D eigenvalue weighted by molar-refractivity contribution is 7.49. The Morgan fingerprint density at radius 2 is 1.19 bits per heavy atom. The third kappa shape index (κ3) is 6.04. The van der Waals surface area contributed by atoms with Crippen LogP contribution in [0.25, 0.3) is 0 Å². The van der Waals surface area contributed by atoms with Gasteiger partial charge < -0.3 is 18.7 Å². The Hall–Kier alpha value is -2.46. The average Bonchev–Trinajstić information content (AvgIpc) is 2.65. The van der Waals surface area contributed by atoms with Gasteiger partial charge in [0.25, 0.3) is 0 Å². The van der Waals surface area contributed by atoms with E-state index in [2.05, 4.69) is 0 Å². The maximum absolute atomic E-state index is 13.3. The van der Waals surface area contributed by atoms with E-state index in [0.29, 0.717) is 29.2 Å². The van der Waals surface area contributed by atoms with Crippen LogP contribution in [0.5, 0.6) is 17.2 Å². The van der Waals surface area contributed by atoms with E-state index in [1.807, 2.05) is 18.2 Å². The van der Waals surface area contributed by atoms with Crippen LogP contribution in [0.1, 0.15) is 5.56 Å². The summed E-state index contributed by atoms with van der Waals surface area (Å²) in [5.41, 5.74) is 0.712. The van der Waals surface area contributed by atoms with E-state index in [9.17, 15) is 9.67 Å². The SMILES string of the molecule is Cl.O=P(Oc1ccccc1)(Oc1ccccc1)Oc1ccccc1CCO. The topological polar surface area (TPSA) is 65.0 Å². The second-order valence-corrected chi connectivity index (χ2v) is 6.87. The second-order valence-electron chi connectivity index (χ2n) is 5.43. The molecule has 0 saturated carbocycles. The number of phosphoric ester groups is 1. The van der Waals surface area contributed by atoms with Crippen LogP contribution in [0.3, 0.4) is 0 Å². The number of halogens is 1. The summed E-state index contributed by atoms with van der Waals surface area (Å²) in [6, 6.07) is 24.4. The van der Waals surface area contributed by atoms with Gasteiger partial charge in [-0.15, -0.1) is 12.4 Å². The van der Waals surface area contributed by atoms with Gasteiger partial charge in [-0.05, 0) is 42.3 Å². The molecule has 0 spiro atoms. The zero-order valence-electron chi connectivity index (χ0n) is 14.4. The summed E-state index contributed by atoms with van der Waals surface area (Å²) >= 11 is 0. The quantitative estimate of drug-likeness (QED) is 0.515. The van der Waals surface area contributed by atoms with Crippen LogP contribution in [0.15, 0.2) is 84.9 Å². The van der Waals surface area contributed by atoms with Crippen molar-refractivity contribution in [2.24, 2.45) is 0 Å². The number of hydrogen-bond acceptors (Lipinski definition) is 5. The summed E-state index contributed by atoms with van der Waals surface area (Å²) < 4.78 is 30.2. The van der Waals surface area contributed by atoms with Crippen LogP contribution in [-0.4, -0.2) is 11.7 Å². The Bertz CT molecular complexity index is 828. The van der Waals surface area contributed by atoms with Crippen LogP contribution >= 0.6 is 20.2 Å². The minimum absolute atomic E-state index is 0. The molecular weight excluding hydrogens is 387 g/mol. The lowest BCUT2D eigenvalue weighted by Gasteiger charge is -2.20. The van der Waals surface area contributed by atoms with Gasteiger partial charge in [-0.2, -0.15) is 4.57 Å². The molecule has 27 heavy (non-hydrogen) atoms. The van der Waals surface area contributed by atoms with E-state index in [1.165, 1.54) is 0 Å². The first-order chi connectivity index (χ1) is 12.7. The van der Waals surface area contributed by atoms with Crippen molar-refractivity contribution >= 4 is 20.2 Å². The minimum atomic E-state index is -4.02. The van der Waals surface area contributed by atoms with Gasteiger partial charge >= 0.3 is 7.82 Å². The number of benzene rings is 3. The van der Waals surface area contributed by atoms with E-state index in [-0.39, 0.29) is 19.0 Å². The standard InChI is InChI=1S/C20H19O5P.ClH/c21-16-15-17-9-7-8-14-20(17)25-26(22,23-18-10-3-1-4-11-18)24-19-12-5-2-6-13-19;/h1-14,21H,15-16H2;1H. The first-order valence-corrected chi connectivity index (χ1v) is 9.62. The van der Waals surface area contributed by atoms with Gasteiger partial charge in [0.2, 0.25) is 0 Å². The predicted octanol–water partition coefficient (Wildman–Crippen LogP) is 5.29. The lowest BCUT2D eigenvalue weighted by Crippen LogP contribution is -2.09. The summed E-state index contributed by atoms with van der Waals surface area (Å²) in [5, 5.41) is 9.23. The fraction of sp³-hybridized carbons (Fsp3) is 0.100. The molecule has 0 aromatic heterocycles. The summed E-state index contributed by atoms with van der Waals surface area (Å²) in [7, 11) is -4.02. The number of hydrogen-bond donors (Lipinski definition) is 1. The molecule has 142 valence electrons. The molecule has 0 aliphatic rings. The highest BCUT2D eigenvalue weighted by Crippen LogP contribution is 2.50. The summed E-state index contributed by atoms with van der Waals surface area (Å²) in [5.74, 6) is 1.08. The Morgan fingerprint density at radius 3 is 1.70 bits per heavy atom. The largest absolute Gasteiger partial charge is 0.647 e. The van der Waals surface area contributed by atoms with Crippen molar-refractivity contribution < 1.29 is 23.2 Å². The van der Waals surface area contributed by atoms with Gasteiger partial charge in [0.15, 0.2) is 0 Å². The molecule has 0 atom stereocenters. The molecule has 0 amide bonds. The molecule has 0 fully saturated rings. The molecule has 1 N–H and O–H groups in total. The van der Waals surface area contributed by atoms with Crippen molar-refractivity contribution in [2.75, 3.05) is 6.61 Å². The molecule has 3 aromatic carbocycles. The first-order valence-electron chi connectivity index (χ1n) is 8.16. The van der Waals surface area contributed by atoms with Crippen LogP contribution < -0.4 is 13.6 Å². The van der Waals surface area contributed by atoms with Gasteiger partial charge in [0.05, 0.1) is 0 Å². The van der Waals surface area contributed by atoms with Gasteiger partial charge in [-0.25, -0.2) is 0 Å².